The van der Waals surface area contributed by atoms with Gasteiger partial charge in [0, 0.05) is 10.5 Å². The predicted molar refractivity (Wildman–Crippen MR) is 168 cm³/mol. The molecule has 0 bridgehead atoms. The average Bonchev–Trinajstić information content (AvgIpc) is 3.34. The van der Waals surface area contributed by atoms with Crippen molar-refractivity contribution >= 4 is 40.8 Å². The van der Waals surface area contributed by atoms with E-state index in [0.717, 1.165) is 16.0 Å². The number of carbonyl (C=O) groups is 1. The van der Waals surface area contributed by atoms with Gasteiger partial charge in [-0.15, -0.1) is 11.8 Å². The first-order valence-electron chi connectivity index (χ1n) is 13.7. The van der Waals surface area contributed by atoms with Crippen LogP contribution in [-0.2, 0) is 9.53 Å². The van der Waals surface area contributed by atoms with Crippen LogP contribution in [0.15, 0.2) is 93.1 Å². The third-order valence-corrected chi connectivity index (χ3v) is 8.39. The Morgan fingerprint density at radius 2 is 1.81 bits per heavy atom. The predicted octanol–water partition coefficient (Wildman–Crippen LogP) is 4.96. The van der Waals surface area contributed by atoms with Gasteiger partial charge in [-0.1, -0.05) is 59.9 Å². The molecule has 43 heavy (non-hydrogen) atoms. The number of esters is 1. The van der Waals surface area contributed by atoms with Crippen molar-refractivity contribution in [2.75, 3.05) is 26.1 Å². The number of nitriles is 1. The molecule has 218 valence electrons. The van der Waals surface area contributed by atoms with Crippen LogP contribution in [0.2, 0.25) is 0 Å². The van der Waals surface area contributed by atoms with Crippen molar-refractivity contribution in [3.05, 3.63) is 115 Å². The van der Waals surface area contributed by atoms with Crippen molar-refractivity contribution in [3.8, 4) is 17.6 Å². The summed E-state index contributed by atoms with van der Waals surface area (Å²) in [6.07, 6.45) is 3.76. The van der Waals surface area contributed by atoms with Crippen LogP contribution in [0.25, 0.3) is 11.8 Å². The Balaban J connectivity index is 1.74. The third-order valence-electron chi connectivity index (χ3n) is 6.66. The van der Waals surface area contributed by atoms with Gasteiger partial charge in [-0.2, -0.15) is 5.26 Å². The lowest BCUT2D eigenvalue weighted by atomic mass is 9.93. The van der Waals surface area contributed by atoms with Crippen LogP contribution in [-0.4, -0.2) is 36.6 Å². The summed E-state index contributed by atoms with van der Waals surface area (Å²) in [7, 11) is 0. The smallest absolute Gasteiger partial charge is 0.338 e. The zero-order chi connectivity index (χ0) is 30.3. The molecule has 5 rings (SSSR count). The standard InChI is InChI=1S/C33H29N3O5S2/c1-4-39-26-19-21(11-16-25(26)41-18-17-34)20-27-31(37)36-30(23-12-14-24(42-3)15-13-23)28(32(38)40-5-2)29(35-33(36)43-27)22-9-7-6-8-10-22/h6-16,19-20,30H,4-5,18H2,1-3H3/b27-20-/t30-/m0/s1. The molecule has 3 aromatic carbocycles. The number of hydrogen-bond donors (Lipinski definition) is 0. The number of thiazole rings is 1. The van der Waals surface area contributed by atoms with E-state index in [9.17, 15) is 9.59 Å². The number of hydrogen-bond acceptors (Lipinski definition) is 9. The maximum absolute atomic E-state index is 14.1. The van der Waals surface area contributed by atoms with E-state index in [4.69, 9.17) is 24.5 Å². The van der Waals surface area contributed by atoms with Crippen LogP contribution in [0.3, 0.4) is 0 Å². The number of thioether (sulfide) groups is 1. The molecule has 0 spiro atoms. The molecule has 1 aliphatic heterocycles. The number of nitrogens with zero attached hydrogens (tertiary/aromatic N) is 3. The second kappa shape index (κ2) is 13.6. The lowest BCUT2D eigenvalue weighted by Gasteiger charge is -2.26. The molecule has 2 heterocycles. The van der Waals surface area contributed by atoms with Gasteiger partial charge in [0.1, 0.15) is 6.07 Å². The monoisotopic (exact) mass is 611 g/mol. The fraction of sp³-hybridized carbons (Fsp3) is 0.212. The van der Waals surface area contributed by atoms with Gasteiger partial charge in [-0.3, -0.25) is 9.36 Å². The van der Waals surface area contributed by atoms with Gasteiger partial charge in [0.15, 0.2) is 22.9 Å². The van der Waals surface area contributed by atoms with Crippen LogP contribution >= 0.6 is 23.1 Å². The molecule has 0 radical (unpaired) electrons. The van der Waals surface area contributed by atoms with Gasteiger partial charge < -0.3 is 14.2 Å². The molecule has 0 fully saturated rings. The molecule has 8 nitrogen and oxygen atoms in total. The molecule has 1 aliphatic rings. The summed E-state index contributed by atoms with van der Waals surface area (Å²) in [5, 5.41) is 8.91. The molecule has 0 N–H and O–H groups in total. The summed E-state index contributed by atoms with van der Waals surface area (Å²) in [5.74, 6) is 0.400. The molecule has 0 amide bonds. The van der Waals surface area contributed by atoms with Gasteiger partial charge in [-0.25, -0.2) is 9.79 Å². The molecule has 0 saturated carbocycles. The number of carbonyl (C=O) groups excluding carboxylic acids is 1. The Labute approximate surface area is 257 Å². The van der Waals surface area contributed by atoms with Crippen molar-refractivity contribution in [2.45, 2.75) is 24.8 Å². The SMILES string of the molecule is CCOC(=O)C1=C(c2ccccc2)N=c2s/c(=C\c3ccc(OCC#N)c(OCC)c3)c(=O)n2[C@H]1c1ccc(SC)cc1. The topological polar surface area (TPSA) is 103 Å². The van der Waals surface area contributed by atoms with E-state index in [1.54, 1.807) is 47.5 Å². The molecule has 0 saturated heterocycles. The van der Waals surface area contributed by atoms with Crippen molar-refractivity contribution in [2.24, 2.45) is 4.99 Å². The van der Waals surface area contributed by atoms with Crippen molar-refractivity contribution in [3.63, 3.8) is 0 Å². The first kappa shape index (κ1) is 29.9. The molecule has 0 aliphatic carbocycles. The number of fused-ring (bicyclic) bond motifs is 1. The van der Waals surface area contributed by atoms with E-state index in [2.05, 4.69) is 0 Å². The zero-order valence-corrected chi connectivity index (χ0v) is 25.5. The Hall–Kier alpha value is -4.59. The maximum Gasteiger partial charge on any atom is 0.338 e. The largest absolute Gasteiger partial charge is 0.490 e. The highest BCUT2D eigenvalue weighted by Gasteiger charge is 2.35. The van der Waals surface area contributed by atoms with E-state index in [1.807, 2.05) is 73.8 Å². The summed E-state index contributed by atoms with van der Waals surface area (Å²) < 4.78 is 18.8. The minimum absolute atomic E-state index is 0.109. The van der Waals surface area contributed by atoms with Crippen LogP contribution in [0.5, 0.6) is 11.5 Å². The van der Waals surface area contributed by atoms with Gasteiger partial charge in [0.2, 0.25) is 0 Å². The van der Waals surface area contributed by atoms with E-state index < -0.39 is 12.0 Å². The Morgan fingerprint density at radius 3 is 2.49 bits per heavy atom. The molecule has 1 atom stereocenters. The van der Waals surface area contributed by atoms with E-state index >= 15 is 0 Å². The third kappa shape index (κ3) is 6.28. The molecule has 0 unspecified atom stereocenters. The normalized spacial score (nSPS) is 14.5. The molecular formula is C33H29N3O5S2. The zero-order valence-electron chi connectivity index (χ0n) is 23.9. The van der Waals surface area contributed by atoms with Gasteiger partial charge in [0.05, 0.1) is 35.1 Å². The van der Waals surface area contributed by atoms with E-state index in [-0.39, 0.29) is 18.8 Å². The van der Waals surface area contributed by atoms with E-state index in [1.165, 1.54) is 11.3 Å². The van der Waals surface area contributed by atoms with E-state index in [0.29, 0.717) is 44.3 Å². The minimum Gasteiger partial charge on any atom is -0.490 e. The highest BCUT2D eigenvalue weighted by atomic mass is 32.2. The summed E-state index contributed by atoms with van der Waals surface area (Å²) in [6, 6.07) is 23.8. The van der Waals surface area contributed by atoms with Crippen LogP contribution < -0.4 is 24.4 Å². The average molecular weight is 612 g/mol. The Bertz CT molecular complexity index is 1890. The minimum atomic E-state index is -0.746. The van der Waals surface area contributed by atoms with Crippen molar-refractivity contribution in [1.82, 2.24) is 4.57 Å². The van der Waals surface area contributed by atoms with Gasteiger partial charge in [-0.05, 0) is 61.6 Å². The van der Waals surface area contributed by atoms with Crippen LogP contribution in [0.1, 0.15) is 36.6 Å². The second-order valence-electron chi connectivity index (χ2n) is 9.29. The molecule has 4 aromatic rings. The van der Waals surface area contributed by atoms with Gasteiger partial charge >= 0.3 is 5.97 Å². The lowest BCUT2D eigenvalue weighted by molar-refractivity contribution is -0.138. The first-order chi connectivity index (χ1) is 21.0. The molecule has 10 heteroatoms. The second-order valence-corrected chi connectivity index (χ2v) is 11.2. The Kier molecular flexibility index (Phi) is 9.45. The Morgan fingerprint density at radius 1 is 1.05 bits per heavy atom. The quantitative estimate of drug-likeness (QED) is 0.185. The highest BCUT2D eigenvalue weighted by Crippen LogP contribution is 2.36. The lowest BCUT2D eigenvalue weighted by Crippen LogP contribution is -2.40. The first-order valence-corrected chi connectivity index (χ1v) is 15.7. The highest BCUT2D eigenvalue weighted by molar-refractivity contribution is 7.98. The van der Waals surface area contributed by atoms with Crippen LogP contribution in [0.4, 0.5) is 0 Å². The fourth-order valence-corrected chi connectivity index (χ4v) is 6.21. The summed E-state index contributed by atoms with van der Waals surface area (Å²) in [4.78, 5) is 34.2. The number of rotatable bonds is 10. The van der Waals surface area contributed by atoms with Gasteiger partial charge in [0.25, 0.3) is 5.56 Å². The summed E-state index contributed by atoms with van der Waals surface area (Å²) in [6.45, 7) is 4.09. The number of benzene rings is 3. The summed E-state index contributed by atoms with van der Waals surface area (Å²) in [5.41, 5.74) is 2.74. The summed E-state index contributed by atoms with van der Waals surface area (Å²) >= 11 is 2.86. The van der Waals surface area contributed by atoms with Crippen molar-refractivity contribution < 1.29 is 19.0 Å². The maximum atomic E-state index is 14.1. The number of aromatic nitrogens is 1. The van der Waals surface area contributed by atoms with Crippen molar-refractivity contribution in [1.29, 1.82) is 5.26 Å². The fourth-order valence-electron chi connectivity index (χ4n) is 4.81. The molecular weight excluding hydrogens is 583 g/mol. The molecule has 1 aromatic heterocycles. The van der Waals surface area contributed by atoms with Crippen LogP contribution in [0, 0.1) is 11.3 Å². The number of ether oxygens (including phenoxy) is 3.